The van der Waals surface area contributed by atoms with Gasteiger partial charge in [-0.2, -0.15) is 11.8 Å². The predicted octanol–water partition coefficient (Wildman–Crippen LogP) is 2.08. The van der Waals surface area contributed by atoms with E-state index in [1.165, 1.54) is 0 Å². The third kappa shape index (κ3) is 4.50. The van der Waals surface area contributed by atoms with Gasteiger partial charge in [0.25, 0.3) is 6.35 Å². The second-order valence-electron chi connectivity index (χ2n) is 4.11. The van der Waals surface area contributed by atoms with Gasteiger partial charge in [0.2, 0.25) is 0 Å². The lowest BCUT2D eigenvalue weighted by atomic mass is 10.3. The summed E-state index contributed by atoms with van der Waals surface area (Å²) in [5.74, 6) is 0.693. The first-order chi connectivity index (χ1) is 8.19. The maximum absolute atomic E-state index is 11.6. The van der Waals surface area contributed by atoms with Crippen LogP contribution in [-0.2, 0) is 9.53 Å². The molecule has 0 bridgehead atoms. The molecule has 0 saturated heterocycles. The van der Waals surface area contributed by atoms with E-state index in [4.69, 9.17) is 4.74 Å². The minimum atomic E-state index is -0.254. The zero-order valence-corrected chi connectivity index (χ0v) is 11.7. The molecule has 1 atom stereocenters. The Hall–Kier alpha value is -0.840. The molecule has 1 aliphatic rings. The lowest BCUT2D eigenvalue weighted by Crippen LogP contribution is -2.41. The van der Waals surface area contributed by atoms with Crippen LogP contribution in [0.4, 0.5) is 0 Å². The molecule has 0 saturated carbocycles. The number of hydrogen-bond acceptors (Lipinski definition) is 5. The number of carbonyl (C=O) groups excluding carboxylic acids is 1. The van der Waals surface area contributed by atoms with Crippen LogP contribution in [0.5, 0.6) is 0 Å². The molecule has 0 aliphatic carbocycles. The first-order valence-electron chi connectivity index (χ1n) is 6.03. The summed E-state index contributed by atoms with van der Waals surface area (Å²) in [4.78, 5) is 15.6. The molecule has 1 rings (SSSR count). The summed E-state index contributed by atoms with van der Waals surface area (Å²) in [5.41, 5.74) is 0. The van der Waals surface area contributed by atoms with Crippen LogP contribution in [0, 0.1) is 0 Å². The summed E-state index contributed by atoms with van der Waals surface area (Å²) in [6, 6.07) is 0. The van der Waals surface area contributed by atoms with E-state index >= 15 is 0 Å². The standard InChI is InChI=1S/C12H22N2O2S/c1-4-5-7-14-9-8-13(2)12(14)16-11(15)6-10-17-3/h8-9,12H,4-7,10H2,1-3H3. The Balaban J connectivity index is 2.40. The van der Waals surface area contributed by atoms with Crippen molar-refractivity contribution in [2.24, 2.45) is 0 Å². The van der Waals surface area contributed by atoms with Crippen molar-refractivity contribution in [3.63, 3.8) is 0 Å². The highest BCUT2D eigenvalue weighted by molar-refractivity contribution is 7.98. The SMILES string of the molecule is CCCCN1C=CN(C)C1OC(=O)CCSC. The molecule has 0 N–H and O–H groups in total. The van der Waals surface area contributed by atoms with Crippen LogP contribution in [0.15, 0.2) is 12.4 Å². The number of thioether (sulfide) groups is 1. The van der Waals surface area contributed by atoms with Crippen molar-refractivity contribution in [3.8, 4) is 0 Å². The van der Waals surface area contributed by atoms with Gasteiger partial charge in [-0.1, -0.05) is 13.3 Å². The normalized spacial score (nSPS) is 18.9. The smallest absolute Gasteiger partial charge is 0.309 e. The second kappa shape index (κ2) is 7.48. The van der Waals surface area contributed by atoms with Crippen LogP contribution in [0.1, 0.15) is 26.2 Å². The molecule has 0 spiro atoms. The fraction of sp³-hybridized carbons (Fsp3) is 0.750. The fourth-order valence-electron chi connectivity index (χ4n) is 1.61. The summed E-state index contributed by atoms with van der Waals surface area (Å²) in [5, 5.41) is 0. The van der Waals surface area contributed by atoms with Gasteiger partial charge in [-0.15, -0.1) is 0 Å². The van der Waals surface area contributed by atoms with Crippen molar-refractivity contribution in [2.45, 2.75) is 32.5 Å². The molecule has 0 aromatic rings. The quantitative estimate of drug-likeness (QED) is 0.653. The maximum atomic E-state index is 11.6. The van der Waals surface area contributed by atoms with Crippen molar-refractivity contribution in [3.05, 3.63) is 12.4 Å². The maximum Gasteiger partial charge on any atom is 0.309 e. The highest BCUT2D eigenvalue weighted by Crippen LogP contribution is 2.16. The highest BCUT2D eigenvalue weighted by Gasteiger charge is 2.26. The van der Waals surface area contributed by atoms with Gasteiger partial charge in [-0.05, 0) is 12.7 Å². The van der Waals surface area contributed by atoms with Crippen LogP contribution in [0.2, 0.25) is 0 Å². The predicted molar refractivity (Wildman–Crippen MR) is 71.4 cm³/mol. The average Bonchev–Trinajstić information content (AvgIpc) is 2.66. The van der Waals surface area contributed by atoms with Gasteiger partial charge in [0.15, 0.2) is 0 Å². The highest BCUT2D eigenvalue weighted by atomic mass is 32.2. The molecule has 0 radical (unpaired) electrons. The first kappa shape index (κ1) is 14.2. The Morgan fingerprint density at radius 1 is 1.47 bits per heavy atom. The lowest BCUT2D eigenvalue weighted by Gasteiger charge is -2.29. The Morgan fingerprint density at radius 3 is 2.88 bits per heavy atom. The first-order valence-corrected chi connectivity index (χ1v) is 7.42. The van der Waals surface area contributed by atoms with Crippen molar-refractivity contribution in [1.82, 2.24) is 9.80 Å². The molecule has 0 aromatic carbocycles. The van der Waals surface area contributed by atoms with Crippen molar-refractivity contribution >= 4 is 17.7 Å². The number of ether oxygens (including phenoxy) is 1. The van der Waals surface area contributed by atoms with Gasteiger partial charge in [0.05, 0.1) is 6.42 Å². The lowest BCUT2D eigenvalue weighted by molar-refractivity contribution is -0.166. The minimum Gasteiger partial charge on any atom is -0.422 e. The molecular weight excluding hydrogens is 236 g/mol. The summed E-state index contributed by atoms with van der Waals surface area (Å²) in [7, 11) is 1.93. The van der Waals surface area contributed by atoms with Gasteiger partial charge in [-0.3, -0.25) is 4.79 Å². The van der Waals surface area contributed by atoms with E-state index in [-0.39, 0.29) is 12.3 Å². The zero-order chi connectivity index (χ0) is 12.7. The van der Waals surface area contributed by atoms with Gasteiger partial charge in [0.1, 0.15) is 0 Å². The third-order valence-corrected chi connectivity index (χ3v) is 3.25. The van der Waals surface area contributed by atoms with Crippen LogP contribution < -0.4 is 0 Å². The minimum absolute atomic E-state index is 0.124. The van der Waals surface area contributed by atoms with Crippen molar-refractivity contribution in [1.29, 1.82) is 0 Å². The van der Waals surface area contributed by atoms with Gasteiger partial charge < -0.3 is 14.5 Å². The van der Waals surface area contributed by atoms with Crippen LogP contribution in [0.25, 0.3) is 0 Å². The van der Waals surface area contributed by atoms with E-state index in [9.17, 15) is 4.79 Å². The zero-order valence-electron chi connectivity index (χ0n) is 10.9. The van der Waals surface area contributed by atoms with Crippen molar-refractivity contribution < 1.29 is 9.53 Å². The van der Waals surface area contributed by atoms with E-state index in [0.29, 0.717) is 6.42 Å². The molecule has 4 nitrogen and oxygen atoms in total. The van der Waals surface area contributed by atoms with Crippen LogP contribution in [-0.4, -0.2) is 47.7 Å². The molecular formula is C12H22N2O2S. The number of esters is 1. The molecule has 0 aromatic heterocycles. The molecule has 0 amide bonds. The monoisotopic (exact) mass is 258 g/mol. The number of hydrogen-bond donors (Lipinski definition) is 0. The van der Waals surface area contributed by atoms with E-state index in [0.717, 1.165) is 25.1 Å². The Kier molecular flexibility index (Phi) is 6.26. The molecule has 1 heterocycles. The van der Waals surface area contributed by atoms with E-state index in [1.807, 2.05) is 30.6 Å². The van der Waals surface area contributed by atoms with Crippen LogP contribution in [0.3, 0.4) is 0 Å². The molecule has 98 valence electrons. The molecule has 17 heavy (non-hydrogen) atoms. The second-order valence-corrected chi connectivity index (χ2v) is 5.10. The van der Waals surface area contributed by atoms with E-state index in [1.54, 1.807) is 11.8 Å². The molecule has 1 aliphatic heterocycles. The van der Waals surface area contributed by atoms with Crippen LogP contribution >= 0.6 is 11.8 Å². The molecule has 1 unspecified atom stereocenters. The molecule has 0 fully saturated rings. The summed E-state index contributed by atoms with van der Waals surface area (Å²) < 4.78 is 5.47. The fourth-order valence-corrected chi connectivity index (χ4v) is 1.98. The number of nitrogens with zero attached hydrogens (tertiary/aromatic N) is 2. The average molecular weight is 258 g/mol. The Bertz CT molecular complexity index is 271. The summed E-state index contributed by atoms with van der Waals surface area (Å²) in [6.45, 7) is 3.08. The summed E-state index contributed by atoms with van der Waals surface area (Å²) in [6.07, 6.45) is 8.40. The number of rotatable bonds is 7. The largest absolute Gasteiger partial charge is 0.422 e. The number of carbonyl (C=O) groups is 1. The topological polar surface area (TPSA) is 32.8 Å². The van der Waals surface area contributed by atoms with E-state index in [2.05, 4.69) is 11.8 Å². The van der Waals surface area contributed by atoms with Gasteiger partial charge in [0, 0.05) is 31.7 Å². The van der Waals surface area contributed by atoms with Gasteiger partial charge >= 0.3 is 5.97 Å². The van der Waals surface area contributed by atoms with Crippen molar-refractivity contribution in [2.75, 3.05) is 25.6 Å². The Labute approximate surface area is 108 Å². The molecule has 5 heteroatoms. The van der Waals surface area contributed by atoms with E-state index < -0.39 is 0 Å². The van der Waals surface area contributed by atoms with Gasteiger partial charge in [-0.25, -0.2) is 0 Å². The Morgan fingerprint density at radius 2 is 2.24 bits per heavy atom. The summed E-state index contributed by atoms with van der Waals surface area (Å²) >= 11 is 1.66. The third-order valence-electron chi connectivity index (χ3n) is 2.64. The number of unbranched alkanes of at least 4 members (excludes halogenated alkanes) is 1.